The van der Waals surface area contributed by atoms with Crippen molar-refractivity contribution in [2.75, 3.05) is 0 Å². The van der Waals surface area contributed by atoms with Gasteiger partial charge in [-0.1, -0.05) is 197 Å². The van der Waals surface area contributed by atoms with E-state index in [1.54, 1.807) is 0 Å². The Kier molecular flexibility index (Phi) is 11.1. The van der Waals surface area contributed by atoms with Crippen LogP contribution in [0.15, 0.2) is 152 Å². The quantitative estimate of drug-likeness (QED) is 0.174. The molecular formula is C79H79N5. The highest BCUT2D eigenvalue weighted by Gasteiger charge is 2.36. The molecule has 0 saturated carbocycles. The molecule has 14 aromatic rings. The minimum atomic E-state index is -0.113. The summed E-state index contributed by atoms with van der Waals surface area (Å²) in [7, 11) is 0. The summed E-state index contributed by atoms with van der Waals surface area (Å²) in [6, 6.07) is 61.8. The molecule has 5 nitrogen and oxygen atoms in total. The highest BCUT2D eigenvalue weighted by atomic mass is 15.1. The van der Waals surface area contributed by atoms with Gasteiger partial charge in [0.15, 0.2) is 0 Å². The maximum Gasteiger partial charge on any atom is 0.104 e. The Labute approximate surface area is 495 Å². The van der Waals surface area contributed by atoms with Crippen LogP contribution in [-0.2, 0) is 32.5 Å². The zero-order valence-corrected chi connectivity index (χ0v) is 52.7. The van der Waals surface area contributed by atoms with E-state index in [9.17, 15) is 5.26 Å². The average molecular weight is 1100 g/mol. The lowest BCUT2D eigenvalue weighted by molar-refractivity contribution is 0.590. The van der Waals surface area contributed by atoms with Gasteiger partial charge in [-0.05, 0) is 145 Å². The second kappa shape index (κ2) is 17.4. The fourth-order valence-electron chi connectivity index (χ4n) is 14.0. The van der Waals surface area contributed by atoms with Gasteiger partial charge in [0.2, 0.25) is 0 Å². The molecule has 14 rings (SSSR count). The molecule has 0 bridgehead atoms. The number of hydrogen-bond acceptors (Lipinski definition) is 1. The summed E-state index contributed by atoms with van der Waals surface area (Å²) < 4.78 is 10.1. The van der Waals surface area contributed by atoms with Gasteiger partial charge in [-0.2, -0.15) is 5.26 Å². The predicted molar refractivity (Wildman–Crippen MR) is 361 cm³/mol. The normalized spacial score (nSPS) is 13.6. The van der Waals surface area contributed by atoms with E-state index in [1.165, 1.54) is 76.5 Å². The van der Waals surface area contributed by atoms with E-state index in [1.807, 2.05) is 0 Å². The van der Waals surface area contributed by atoms with Crippen molar-refractivity contribution in [2.45, 2.75) is 157 Å². The fraction of sp³-hybridized carbons (Fsp3) is 0.304. The summed E-state index contributed by atoms with van der Waals surface area (Å²) in [5, 5.41) is 24.5. The number of hydrogen-bond donors (Lipinski definition) is 0. The number of nitriles is 1. The van der Waals surface area contributed by atoms with Crippen molar-refractivity contribution < 1.29 is 0 Å². The van der Waals surface area contributed by atoms with Crippen molar-refractivity contribution in [3.05, 3.63) is 191 Å². The first kappa shape index (κ1) is 53.7. The van der Waals surface area contributed by atoms with Crippen LogP contribution < -0.4 is 0 Å². The summed E-state index contributed by atoms with van der Waals surface area (Å²) in [4.78, 5) is 0. The molecule has 0 aliphatic carbocycles. The molecule has 84 heavy (non-hydrogen) atoms. The van der Waals surface area contributed by atoms with Crippen LogP contribution in [0, 0.1) is 11.3 Å². The van der Waals surface area contributed by atoms with Gasteiger partial charge in [0, 0.05) is 53.9 Å². The molecule has 0 fully saturated rings. The van der Waals surface area contributed by atoms with Crippen LogP contribution in [0.25, 0.3) is 121 Å². The topological polar surface area (TPSA) is 43.0 Å². The summed E-state index contributed by atoms with van der Waals surface area (Å²) >= 11 is 0. The summed E-state index contributed by atoms with van der Waals surface area (Å²) in [6.07, 6.45) is 0. The number of rotatable bonds is 3. The zero-order valence-electron chi connectivity index (χ0n) is 52.7. The van der Waals surface area contributed by atoms with Crippen LogP contribution in [-0.4, -0.2) is 18.1 Å². The van der Waals surface area contributed by atoms with Gasteiger partial charge in [0.1, 0.15) is 11.6 Å². The second-order valence-electron chi connectivity index (χ2n) is 30.7. The SMILES string of the molecule is CC(C)(C)c1ccc2c(c1)c1cc(C(C)(C)C)ccc1n2-c1c(-n2c3ccc(C(C)(C)C)cc3c3cc(C(C)(C)C)ccc32)c(C#N)c2c(c1-n1c3ccc(C(C)(C)C)cc3c3cc(C(C)(C)C)ccc31)c1cccc3c4ccccc4n2c31. The molecule has 5 heterocycles. The van der Waals surface area contributed by atoms with Crippen LogP contribution in [0.4, 0.5) is 0 Å². The molecule has 0 unspecified atom stereocenters. The largest absolute Gasteiger partial charge is 0.306 e. The van der Waals surface area contributed by atoms with Gasteiger partial charge in [0.25, 0.3) is 0 Å². The lowest BCUT2D eigenvalue weighted by atomic mass is 9.85. The van der Waals surface area contributed by atoms with Crippen molar-refractivity contribution in [3.8, 4) is 23.1 Å². The van der Waals surface area contributed by atoms with E-state index in [0.717, 1.165) is 77.5 Å². The van der Waals surface area contributed by atoms with E-state index in [2.05, 4.69) is 300 Å². The van der Waals surface area contributed by atoms with E-state index < -0.39 is 0 Å². The first-order valence-corrected chi connectivity index (χ1v) is 30.4. The molecule has 5 aromatic heterocycles. The predicted octanol–water partition coefficient (Wildman–Crippen LogP) is 21.8. The van der Waals surface area contributed by atoms with E-state index in [-0.39, 0.29) is 32.5 Å². The summed E-state index contributed by atoms with van der Waals surface area (Å²) in [5.41, 5.74) is 20.1. The highest BCUT2D eigenvalue weighted by molar-refractivity contribution is 6.28. The lowest BCUT2D eigenvalue weighted by Gasteiger charge is -2.26. The minimum Gasteiger partial charge on any atom is -0.306 e. The van der Waals surface area contributed by atoms with Crippen LogP contribution >= 0.6 is 0 Å². The Bertz CT molecular complexity index is 4970. The second-order valence-corrected chi connectivity index (χ2v) is 30.7. The van der Waals surface area contributed by atoms with Gasteiger partial charge in [-0.15, -0.1) is 0 Å². The van der Waals surface area contributed by atoms with Crippen LogP contribution in [0.2, 0.25) is 0 Å². The number of nitrogens with zero attached hydrogens (tertiary/aromatic N) is 5. The summed E-state index contributed by atoms with van der Waals surface area (Å²) in [6.45, 7) is 41.7. The van der Waals surface area contributed by atoms with E-state index in [4.69, 9.17) is 0 Å². The number of para-hydroxylation sites is 2. The minimum absolute atomic E-state index is 0.102. The highest BCUT2D eigenvalue weighted by Crippen LogP contribution is 2.53. The Morgan fingerprint density at radius 2 is 0.571 bits per heavy atom. The van der Waals surface area contributed by atoms with Crippen LogP contribution in [0.1, 0.15) is 164 Å². The van der Waals surface area contributed by atoms with E-state index >= 15 is 0 Å². The van der Waals surface area contributed by atoms with Crippen molar-refractivity contribution in [1.82, 2.24) is 18.1 Å². The third kappa shape index (κ3) is 7.71. The molecule has 420 valence electrons. The molecule has 0 spiro atoms. The van der Waals surface area contributed by atoms with Gasteiger partial charge >= 0.3 is 0 Å². The van der Waals surface area contributed by atoms with Crippen molar-refractivity contribution >= 4 is 104 Å². The van der Waals surface area contributed by atoms with Gasteiger partial charge in [-0.3, -0.25) is 0 Å². The third-order valence-electron chi connectivity index (χ3n) is 18.9. The molecule has 0 aliphatic rings. The molecule has 0 aliphatic heterocycles. The standard InChI is InChI=1S/C79H79N5/c1-74(2,3)45-26-32-62-54(38-45)55-39-46(75(4,5)6)27-33-63(55)81(62)71-60(44-80)70-68(53-24-21-23-52-51-22-19-20-25-61(51)84(70)69(52)53)72(82-64-34-28-47(76(7,8)9)40-56(64)57-41-48(77(10,11)12)29-35-65(57)82)73(71)83-66-36-30-49(78(13,14)15)42-58(66)59-43-50(79(16,17)18)31-37-67(59)83/h19-43H,1-18H3. The molecule has 9 aromatic carbocycles. The molecular weight excluding hydrogens is 1020 g/mol. The van der Waals surface area contributed by atoms with Crippen molar-refractivity contribution in [3.63, 3.8) is 0 Å². The maximum atomic E-state index is 12.9. The average Bonchev–Trinajstić information content (AvgIpc) is 1.50. The first-order valence-electron chi connectivity index (χ1n) is 30.4. The number of benzene rings is 9. The Balaban J connectivity index is 1.34. The first-order chi connectivity index (χ1) is 39.4. The van der Waals surface area contributed by atoms with Crippen LogP contribution in [0.5, 0.6) is 0 Å². The monoisotopic (exact) mass is 1100 g/mol. The van der Waals surface area contributed by atoms with Crippen molar-refractivity contribution in [2.24, 2.45) is 0 Å². The maximum absolute atomic E-state index is 12.9. The van der Waals surface area contributed by atoms with Gasteiger partial charge in [0.05, 0.1) is 66.7 Å². The molecule has 0 radical (unpaired) electrons. The smallest absolute Gasteiger partial charge is 0.104 e. The van der Waals surface area contributed by atoms with Crippen LogP contribution in [0.3, 0.4) is 0 Å². The van der Waals surface area contributed by atoms with Gasteiger partial charge < -0.3 is 18.1 Å². The number of aromatic nitrogens is 4. The fourth-order valence-corrected chi connectivity index (χ4v) is 14.0. The Hall–Kier alpha value is -8.33. The molecule has 0 atom stereocenters. The summed E-state index contributed by atoms with van der Waals surface area (Å²) in [5.74, 6) is 0. The molecule has 0 amide bonds. The van der Waals surface area contributed by atoms with Gasteiger partial charge in [-0.25, -0.2) is 0 Å². The molecule has 0 saturated heterocycles. The molecule has 5 heteroatoms. The number of fused-ring (bicyclic) bond motifs is 15. The van der Waals surface area contributed by atoms with E-state index in [0.29, 0.717) is 5.56 Å². The molecule has 0 N–H and O–H groups in total. The Morgan fingerprint density at radius 3 is 0.905 bits per heavy atom. The Morgan fingerprint density at radius 1 is 0.274 bits per heavy atom. The third-order valence-corrected chi connectivity index (χ3v) is 18.9. The zero-order chi connectivity index (χ0) is 59.4. The van der Waals surface area contributed by atoms with Crippen molar-refractivity contribution in [1.29, 1.82) is 5.26 Å². The lowest BCUT2D eigenvalue weighted by Crippen LogP contribution is -2.14.